The highest BCUT2D eigenvalue weighted by Crippen LogP contribution is 2.53. The van der Waals surface area contributed by atoms with Gasteiger partial charge in [0.1, 0.15) is 11.2 Å². The van der Waals surface area contributed by atoms with E-state index in [4.69, 9.17) is 4.42 Å². The monoisotopic (exact) mass is 1780 g/mol. The fraction of sp³-hybridized carbons (Fsp3) is 0. The third-order valence-electron chi connectivity index (χ3n) is 27.3. The average Bonchev–Trinajstić information content (AvgIpc) is 1.52. The zero-order valence-electron chi connectivity index (χ0n) is 72.4. The molecule has 0 N–H and O–H groups in total. The summed E-state index contributed by atoms with van der Waals surface area (Å²) in [5.41, 5.74) is 30.2. The number of para-hydroxylation sites is 7. The second-order valence-electron chi connectivity index (χ2n) is 34.7. The third kappa shape index (κ3) is 12.4. The summed E-state index contributed by atoms with van der Waals surface area (Å²) in [5, 5.41) is 12.5. The molecule has 14 heteroatoms. The summed E-state index contributed by atoms with van der Waals surface area (Å²) < 4.78 is 24.6. The molecule has 0 spiro atoms. The van der Waals surface area contributed by atoms with Gasteiger partial charge in [-0.1, -0.05) is 350 Å². The van der Waals surface area contributed by atoms with E-state index in [0.29, 0.717) is 0 Å². The first-order valence-electron chi connectivity index (χ1n) is 45.7. The van der Waals surface area contributed by atoms with Crippen molar-refractivity contribution in [1.29, 1.82) is 0 Å². The van der Waals surface area contributed by atoms with E-state index in [1.807, 2.05) is 51.4 Å². The molecule has 626 valence electrons. The Labute approximate surface area is 790 Å². The van der Waals surface area contributed by atoms with Gasteiger partial charge >= 0.3 is 0 Å². The number of rotatable bonds is 10. The number of furan rings is 1. The van der Waals surface area contributed by atoms with Crippen molar-refractivity contribution < 1.29 is 4.42 Å². The highest BCUT2D eigenvalue weighted by Gasteiger charge is 2.47. The van der Waals surface area contributed by atoms with E-state index in [1.54, 1.807) is 0 Å². The van der Waals surface area contributed by atoms with Gasteiger partial charge in [0, 0.05) is 149 Å². The van der Waals surface area contributed by atoms with Gasteiger partial charge in [0.15, 0.2) is 0 Å². The fourth-order valence-electron chi connectivity index (χ4n) is 21.7. The van der Waals surface area contributed by atoms with Crippen LogP contribution in [0.5, 0.6) is 0 Å². The zero-order valence-corrected chi connectivity index (χ0v) is 75.7. The van der Waals surface area contributed by atoms with Crippen molar-refractivity contribution in [3.8, 4) is 28.2 Å². The Balaban J connectivity index is 0.000000102. The molecule has 29 rings (SSSR count). The SMILES string of the molecule is c1ccc(B2c3sc4ccccc4c3N(c3ccc(-c4ccccc4)cc3)c3c2n(-c2ccccc2)c2ccccc32)cc1.c1ccc(B2c3sc4ccccc4c3N(c3ccc4c(c3)oc3ccccc34)c3c2n(-c2ccccc2)c2ccccc32)cc1.c1ccc(B2c3sc4ccccc4c3N(c3ccc4sc5ccccc5c4c3)c3c2n(-c2ccccc2)c2ccccc32)cc1. The van der Waals surface area contributed by atoms with Crippen LogP contribution in [0.2, 0.25) is 0 Å². The smallest absolute Gasteiger partial charge is 0.280 e. The first-order chi connectivity index (χ1) is 66.6. The lowest BCUT2D eigenvalue weighted by molar-refractivity contribution is 0.669. The molecule has 0 aliphatic carbocycles. The number of fused-ring (bicyclic) bond motifs is 24. The molecule has 3 aliphatic heterocycles. The van der Waals surface area contributed by atoms with E-state index in [1.165, 1.54) is 199 Å². The van der Waals surface area contributed by atoms with Crippen molar-refractivity contribution in [3.05, 3.63) is 467 Å². The zero-order chi connectivity index (χ0) is 88.0. The van der Waals surface area contributed by atoms with Crippen molar-refractivity contribution in [2.45, 2.75) is 0 Å². The molecular weight excluding hydrogens is 1700 g/mol. The quantitative estimate of drug-likeness (QED) is 0.128. The maximum atomic E-state index is 6.45. The first kappa shape index (κ1) is 78.0. The fourth-order valence-corrected chi connectivity index (χ4v) is 26.8. The van der Waals surface area contributed by atoms with Gasteiger partial charge in [-0.15, -0.1) is 45.3 Å². The van der Waals surface area contributed by atoms with Crippen molar-refractivity contribution in [2.24, 2.45) is 0 Å². The molecule has 0 saturated carbocycles. The van der Waals surface area contributed by atoms with Crippen molar-refractivity contribution in [1.82, 2.24) is 13.7 Å². The summed E-state index contributed by atoms with van der Waals surface area (Å²) in [4.78, 5) is 7.63. The number of nitrogens with zero attached hydrogens (tertiary/aromatic N) is 6. The van der Waals surface area contributed by atoms with Crippen LogP contribution in [0.4, 0.5) is 51.2 Å². The van der Waals surface area contributed by atoms with Crippen LogP contribution in [0, 0.1) is 0 Å². The molecule has 0 radical (unpaired) electrons. The van der Waals surface area contributed by atoms with Crippen molar-refractivity contribution in [2.75, 3.05) is 14.7 Å². The van der Waals surface area contributed by atoms with Gasteiger partial charge in [0.25, 0.3) is 20.1 Å². The topological polar surface area (TPSA) is 37.6 Å². The average molecular weight is 1780 g/mol. The second-order valence-corrected chi connectivity index (χ2v) is 39.0. The molecule has 18 aromatic carbocycles. The molecular formula is C120H77B3N6OS4. The van der Waals surface area contributed by atoms with Crippen LogP contribution in [0.3, 0.4) is 0 Å². The molecule has 0 amide bonds. The predicted octanol–water partition coefficient (Wildman–Crippen LogP) is 27.4. The van der Waals surface area contributed by atoms with Gasteiger partial charge in [-0.2, -0.15) is 0 Å². The minimum atomic E-state index is 0.0485. The molecule has 7 nitrogen and oxygen atoms in total. The predicted molar refractivity (Wildman–Crippen MR) is 579 cm³/mol. The largest absolute Gasteiger partial charge is 0.456 e. The van der Waals surface area contributed by atoms with Crippen LogP contribution >= 0.6 is 45.3 Å². The van der Waals surface area contributed by atoms with Crippen LogP contribution in [0.15, 0.2) is 472 Å². The van der Waals surface area contributed by atoms with E-state index < -0.39 is 0 Å². The van der Waals surface area contributed by atoms with Gasteiger partial charge in [-0.25, -0.2) is 0 Å². The molecule has 0 saturated heterocycles. The van der Waals surface area contributed by atoms with E-state index in [2.05, 4.69) is 489 Å². The molecule has 0 unspecified atom stereocenters. The molecule has 134 heavy (non-hydrogen) atoms. The lowest BCUT2D eigenvalue weighted by Crippen LogP contribution is -2.58. The van der Waals surface area contributed by atoms with E-state index in [-0.39, 0.29) is 20.1 Å². The van der Waals surface area contributed by atoms with E-state index >= 15 is 0 Å². The number of hydrogen-bond acceptors (Lipinski definition) is 8. The third-order valence-corrected chi connectivity index (χ3v) is 32.1. The first-order valence-corrected chi connectivity index (χ1v) is 49.0. The summed E-state index contributed by atoms with van der Waals surface area (Å²) in [6.45, 7) is 0.196. The van der Waals surface area contributed by atoms with Gasteiger partial charge in [-0.05, 0) is 139 Å². The minimum absolute atomic E-state index is 0.0485. The maximum absolute atomic E-state index is 6.45. The van der Waals surface area contributed by atoms with Gasteiger partial charge in [0.2, 0.25) is 0 Å². The lowest BCUT2D eigenvalue weighted by Gasteiger charge is -2.34. The second kappa shape index (κ2) is 32.0. The molecule has 11 heterocycles. The maximum Gasteiger partial charge on any atom is 0.280 e. The normalized spacial score (nSPS) is 12.7. The van der Waals surface area contributed by atoms with Crippen LogP contribution in [0.25, 0.3) is 133 Å². The van der Waals surface area contributed by atoms with Crippen LogP contribution in [0.1, 0.15) is 0 Å². The summed E-state index contributed by atoms with van der Waals surface area (Å²) >= 11 is 7.64. The molecule has 0 atom stereocenters. The summed E-state index contributed by atoms with van der Waals surface area (Å²) in [7, 11) is 0. The van der Waals surface area contributed by atoms with Crippen LogP contribution < -0.4 is 62.2 Å². The number of anilines is 9. The summed E-state index contributed by atoms with van der Waals surface area (Å²) in [6, 6.07) is 170. The highest BCUT2D eigenvalue weighted by atomic mass is 32.1. The Morgan fingerprint density at radius 2 is 0.470 bits per heavy atom. The highest BCUT2D eigenvalue weighted by molar-refractivity contribution is 7.35. The molecule has 26 aromatic rings. The Bertz CT molecular complexity index is 9060. The Kier molecular flexibility index (Phi) is 18.6. The van der Waals surface area contributed by atoms with Crippen LogP contribution in [-0.2, 0) is 0 Å². The Hall–Kier alpha value is -15.9. The van der Waals surface area contributed by atoms with E-state index in [9.17, 15) is 0 Å². The molecule has 0 fully saturated rings. The molecule has 8 aromatic heterocycles. The lowest BCUT2D eigenvalue weighted by atomic mass is 9.39. The standard InChI is InChI=1S/C40H25BN2OS.C40H25BN2S2.C40H27BN2S/c1-3-13-26(14-4-1)41-39-37(31-18-7-10-20-33(31)42(39)27-15-5-2-6-16-27)43(38-32-19-9-12-22-36(32)45-40(38)41)28-23-24-30-29-17-8-11-21-34(29)44-35(30)25-28;1-3-13-26(14-4-1)41-39-37(30-18-7-10-20-33(30)42(39)27-15-5-2-6-16-27)43(38-31-19-9-12-22-35(31)45-40(38)41)28-23-24-36-32(25-28)29-17-8-11-21-34(29)44-36;1-4-14-28(15-5-1)29-24-26-32(27-25-29)43-37-33-20-10-12-22-35(33)42(31-18-8-3-9-19-31)39(37)41(30-16-6-2-7-17-30)40-38(43)34-21-11-13-23-36(34)44-40/h2*1-25H;1-27H. The summed E-state index contributed by atoms with van der Waals surface area (Å²) in [6.07, 6.45) is 0. The van der Waals surface area contributed by atoms with E-state index in [0.717, 1.165) is 33.3 Å². The Morgan fingerprint density at radius 1 is 0.179 bits per heavy atom. The number of hydrogen-bond donors (Lipinski definition) is 0. The van der Waals surface area contributed by atoms with Gasteiger partial charge in [-0.3, -0.25) is 0 Å². The number of benzene rings is 18. The molecule has 3 aliphatic rings. The number of aromatic nitrogens is 3. The summed E-state index contributed by atoms with van der Waals surface area (Å²) in [5.74, 6) is 0. The minimum Gasteiger partial charge on any atom is -0.456 e. The van der Waals surface area contributed by atoms with Crippen molar-refractivity contribution >= 4 is 269 Å². The van der Waals surface area contributed by atoms with Gasteiger partial charge in [0.05, 0.1) is 50.7 Å². The molecule has 0 bridgehead atoms. The van der Waals surface area contributed by atoms with Crippen molar-refractivity contribution in [3.63, 3.8) is 0 Å². The Morgan fingerprint density at radius 3 is 0.888 bits per heavy atom. The number of thiophene rings is 4. The van der Waals surface area contributed by atoms with Crippen LogP contribution in [-0.4, -0.2) is 33.8 Å². The van der Waals surface area contributed by atoms with Gasteiger partial charge < -0.3 is 32.8 Å².